The number of nitrogens with one attached hydrogen (secondary N) is 2. The van der Waals surface area contributed by atoms with Crippen molar-refractivity contribution in [3.8, 4) is 5.75 Å². The van der Waals surface area contributed by atoms with Gasteiger partial charge in [-0.3, -0.25) is 4.79 Å². The van der Waals surface area contributed by atoms with Crippen molar-refractivity contribution in [1.82, 2.24) is 10.3 Å². The number of ether oxygens (including phenoxy) is 1. The van der Waals surface area contributed by atoms with Crippen molar-refractivity contribution in [2.24, 2.45) is 0 Å². The second-order valence-electron chi connectivity index (χ2n) is 7.19. The molecule has 0 bridgehead atoms. The summed E-state index contributed by atoms with van der Waals surface area (Å²) in [5.41, 5.74) is 4.67. The molecule has 1 amide bonds. The standard InChI is InChI=1S/C23H28N2O2/c1-5-16-8-7-11-19-21(14-24-23(16)19)20(13-22(26)25-15(2)3)17-9-6-10-18(12-17)27-4/h6-12,14-15,20,24H,5,13H2,1-4H3,(H,25,26)/t20-/m0/s1. The fourth-order valence-electron chi connectivity index (χ4n) is 3.65. The van der Waals surface area contributed by atoms with Crippen LogP contribution in [0, 0.1) is 0 Å². The first-order valence-corrected chi connectivity index (χ1v) is 9.55. The van der Waals surface area contributed by atoms with Gasteiger partial charge in [-0.2, -0.15) is 0 Å². The molecule has 0 saturated carbocycles. The number of hydrogen-bond donors (Lipinski definition) is 2. The van der Waals surface area contributed by atoms with Crippen LogP contribution in [0.2, 0.25) is 0 Å². The van der Waals surface area contributed by atoms with Crippen molar-refractivity contribution in [2.75, 3.05) is 7.11 Å². The van der Waals surface area contributed by atoms with E-state index >= 15 is 0 Å². The minimum Gasteiger partial charge on any atom is -0.497 e. The second-order valence-corrected chi connectivity index (χ2v) is 7.19. The second kappa shape index (κ2) is 8.30. The van der Waals surface area contributed by atoms with Crippen molar-refractivity contribution in [3.63, 3.8) is 0 Å². The van der Waals surface area contributed by atoms with E-state index in [-0.39, 0.29) is 17.9 Å². The van der Waals surface area contributed by atoms with Crippen LogP contribution in [0.4, 0.5) is 0 Å². The lowest BCUT2D eigenvalue weighted by Gasteiger charge is -2.19. The van der Waals surface area contributed by atoms with E-state index in [1.54, 1.807) is 7.11 Å². The van der Waals surface area contributed by atoms with Crippen LogP contribution >= 0.6 is 0 Å². The molecule has 2 N–H and O–H groups in total. The summed E-state index contributed by atoms with van der Waals surface area (Å²) in [5.74, 6) is 0.814. The number of benzene rings is 2. The lowest BCUT2D eigenvalue weighted by atomic mass is 9.87. The van der Waals surface area contributed by atoms with E-state index in [0.29, 0.717) is 6.42 Å². The third kappa shape index (κ3) is 4.16. The zero-order valence-electron chi connectivity index (χ0n) is 16.5. The zero-order chi connectivity index (χ0) is 19.4. The molecule has 0 radical (unpaired) electrons. The molecule has 1 heterocycles. The van der Waals surface area contributed by atoms with Crippen LogP contribution in [0.25, 0.3) is 10.9 Å². The molecule has 2 aromatic carbocycles. The summed E-state index contributed by atoms with van der Waals surface area (Å²) in [6.07, 6.45) is 3.42. The molecule has 1 atom stereocenters. The average Bonchev–Trinajstić information content (AvgIpc) is 3.09. The van der Waals surface area contributed by atoms with E-state index in [9.17, 15) is 4.79 Å². The first-order chi connectivity index (χ1) is 13.0. The Morgan fingerprint density at radius 3 is 2.67 bits per heavy atom. The number of rotatable bonds is 7. The van der Waals surface area contributed by atoms with Crippen LogP contribution in [-0.2, 0) is 11.2 Å². The predicted octanol–water partition coefficient (Wildman–Crippen LogP) is 4.79. The highest BCUT2D eigenvalue weighted by Gasteiger charge is 2.22. The van der Waals surface area contributed by atoms with E-state index in [1.807, 2.05) is 32.0 Å². The zero-order valence-corrected chi connectivity index (χ0v) is 16.5. The molecule has 0 fully saturated rings. The summed E-state index contributed by atoms with van der Waals surface area (Å²) in [7, 11) is 1.67. The van der Waals surface area contributed by atoms with Crippen LogP contribution in [0.5, 0.6) is 5.75 Å². The predicted molar refractivity (Wildman–Crippen MR) is 110 cm³/mol. The Morgan fingerprint density at radius 2 is 1.96 bits per heavy atom. The summed E-state index contributed by atoms with van der Waals surface area (Å²) in [6, 6.07) is 14.5. The van der Waals surface area contributed by atoms with Gasteiger partial charge in [-0.05, 0) is 49.1 Å². The first-order valence-electron chi connectivity index (χ1n) is 9.55. The fraction of sp³-hybridized carbons (Fsp3) is 0.348. The van der Waals surface area contributed by atoms with Gasteiger partial charge in [0.15, 0.2) is 0 Å². The number of carbonyl (C=O) groups is 1. The number of aromatic amines is 1. The largest absolute Gasteiger partial charge is 0.497 e. The van der Waals surface area contributed by atoms with Gasteiger partial charge in [0.05, 0.1) is 7.11 Å². The van der Waals surface area contributed by atoms with Gasteiger partial charge < -0.3 is 15.0 Å². The van der Waals surface area contributed by atoms with E-state index in [0.717, 1.165) is 28.8 Å². The molecule has 4 nitrogen and oxygen atoms in total. The summed E-state index contributed by atoms with van der Waals surface area (Å²) in [4.78, 5) is 16.0. The van der Waals surface area contributed by atoms with Crippen LogP contribution in [0.3, 0.4) is 0 Å². The van der Waals surface area contributed by atoms with Crippen LogP contribution in [0.15, 0.2) is 48.7 Å². The topological polar surface area (TPSA) is 54.1 Å². The summed E-state index contributed by atoms with van der Waals surface area (Å²) < 4.78 is 5.41. The Kier molecular flexibility index (Phi) is 5.84. The SMILES string of the molecule is CCc1cccc2c([C@@H](CC(=O)NC(C)C)c3cccc(OC)c3)c[nH]c12. The monoisotopic (exact) mass is 364 g/mol. The molecule has 1 aromatic heterocycles. The van der Waals surface area contributed by atoms with Gasteiger partial charge in [0, 0.05) is 35.5 Å². The van der Waals surface area contributed by atoms with Gasteiger partial charge in [-0.25, -0.2) is 0 Å². The Bertz CT molecular complexity index is 927. The highest BCUT2D eigenvalue weighted by molar-refractivity contribution is 5.88. The Balaban J connectivity index is 2.08. The average molecular weight is 364 g/mol. The Hall–Kier alpha value is -2.75. The smallest absolute Gasteiger partial charge is 0.221 e. The minimum absolute atomic E-state index is 0.0419. The number of aryl methyl sites for hydroxylation is 1. The number of carbonyl (C=O) groups excluding carboxylic acids is 1. The van der Waals surface area contributed by atoms with Crippen molar-refractivity contribution in [3.05, 3.63) is 65.4 Å². The van der Waals surface area contributed by atoms with E-state index in [4.69, 9.17) is 4.74 Å². The van der Waals surface area contributed by atoms with Crippen LogP contribution < -0.4 is 10.1 Å². The van der Waals surface area contributed by atoms with Gasteiger partial charge in [0.25, 0.3) is 0 Å². The number of H-pyrrole nitrogens is 1. The molecule has 27 heavy (non-hydrogen) atoms. The molecular formula is C23H28N2O2. The number of fused-ring (bicyclic) bond motifs is 1. The quantitative estimate of drug-likeness (QED) is 0.633. The first kappa shape index (κ1) is 19.0. The molecule has 3 rings (SSSR count). The van der Waals surface area contributed by atoms with Gasteiger partial charge in [0.1, 0.15) is 5.75 Å². The lowest BCUT2D eigenvalue weighted by Crippen LogP contribution is -2.31. The molecule has 0 unspecified atom stereocenters. The number of aromatic nitrogens is 1. The Morgan fingerprint density at radius 1 is 1.19 bits per heavy atom. The molecule has 0 spiro atoms. The molecule has 0 aliphatic heterocycles. The van der Waals surface area contributed by atoms with E-state index in [2.05, 4.69) is 47.7 Å². The molecule has 4 heteroatoms. The summed E-state index contributed by atoms with van der Waals surface area (Å²) in [5, 5.41) is 4.20. The number of hydrogen-bond acceptors (Lipinski definition) is 2. The van der Waals surface area contributed by atoms with E-state index in [1.165, 1.54) is 10.9 Å². The van der Waals surface area contributed by atoms with Crippen LogP contribution in [-0.4, -0.2) is 24.0 Å². The summed E-state index contributed by atoms with van der Waals surface area (Å²) >= 11 is 0. The maximum absolute atomic E-state index is 12.6. The number of amides is 1. The van der Waals surface area contributed by atoms with Gasteiger partial charge in [-0.1, -0.05) is 37.3 Å². The Labute approximate surface area is 160 Å². The number of para-hydroxylation sites is 1. The lowest BCUT2D eigenvalue weighted by molar-refractivity contribution is -0.121. The van der Waals surface area contributed by atoms with Crippen LogP contribution in [0.1, 0.15) is 49.8 Å². The fourth-order valence-corrected chi connectivity index (χ4v) is 3.65. The van der Waals surface area contributed by atoms with E-state index < -0.39 is 0 Å². The van der Waals surface area contributed by atoms with Gasteiger partial charge in [-0.15, -0.1) is 0 Å². The molecular weight excluding hydrogens is 336 g/mol. The minimum atomic E-state index is -0.0419. The molecule has 0 aliphatic rings. The third-order valence-corrected chi connectivity index (χ3v) is 4.93. The summed E-state index contributed by atoms with van der Waals surface area (Å²) in [6.45, 7) is 6.13. The molecule has 3 aromatic rings. The third-order valence-electron chi connectivity index (χ3n) is 4.93. The highest BCUT2D eigenvalue weighted by Crippen LogP contribution is 2.35. The molecule has 0 saturated heterocycles. The normalized spacial score (nSPS) is 12.3. The van der Waals surface area contributed by atoms with Crippen molar-refractivity contribution >= 4 is 16.8 Å². The maximum atomic E-state index is 12.6. The van der Waals surface area contributed by atoms with Gasteiger partial charge in [0.2, 0.25) is 5.91 Å². The van der Waals surface area contributed by atoms with Crippen molar-refractivity contribution in [1.29, 1.82) is 0 Å². The number of methoxy groups -OCH3 is 1. The van der Waals surface area contributed by atoms with Crippen molar-refractivity contribution in [2.45, 2.75) is 45.6 Å². The highest BCUT2D eigenvalue weighted by atomic mass is 16.5. The maximum Gasteiger partial charge on any atom is 0.221 e. The molecule has 142 valence electrons. The van der Waals surface area contributed by atoms with Crippen molar-refractivity contribution < 1.29 is 9.53 Å². The molecule has 0 aliphatic carbocycles. The van der Waals surface area contributed by atoms with Gasteiger partial charge >= 0.3 is 0 Å².